The van der Waals surface area contributed by atoms with Crippen LogP contribution in [0.3, 0.4) is 0 Å². The van der Waals surface area contributed by atoms with E-state index in [-0.39, 0.29) is 11.3 Å². The summed E-state index contributed by atoms with van der Waals surface area (Å²) in [5, 5.41) is 8.89. The normalized spacial score (nSPS) is 15.2. The van der Waals surface area contributed by atoms with Crippen molar-refractivity contribution in [1.29, 1.82) is 0 Å². The number of benzene rings is 1. The first-order valence-electron chi connectivity index (χ1n) is 4.03. The fourth-order valence-electron chi connectivity index (χ4n) is 1.09. The van der Waals surface area contributed by atoms with Gasteiger partial charge in [0.1, 0.15) is 11.6 Å². The molecule has 0 aliphatic heterocycles. The fourth-order valence-corrected chi connectivity index (χ4v) is 1.09. The van der Waals surface area contributed by atoms with Crippen molar-refractivity contribution >= 4 is 5.69 Å². The van der Waals surface area contributed by atoms with Crippen LogP contribution in [0.1, 0.15) is 12.5 Å². The van der Waals surface area contributed by atoms with Gasteiger partial charge in [-0.3, -0.25) is 0 Å². The van der Waals surface area contributed by atoms with Crippen LogP contribution in [0.5, 0.6) is 0 Å². The van der Waals surface area contributed by atoms with Crippen molar-refractivity contribution in [3.05, 3.63) is 29.3 Å². The average molecular weight is 202 g/mol. The summed E-state index contributed by atoms with van der Waals surface area (Å²) in [5.74, 6) is -1.46. The van der Waals surface area contributed by atoms with Gasteiger partial charge in [-0.1, -0.05) is 0 Å². The van der Waals surface area contributed by atoms with Crippen molar-refractivity contribution in [3.8, 4) is 0 Å². The van der Waals surface area contributed by atoms with Crippen LogP contribution in [0.15, 0.2) is 12.1 Å². The number of aliphatic hydroxyl groups excluding tert-OH is 1. The van der Waals surface area contributed by atoms with Crippen molar-refractivity contribution in [1.82, 2.24) is 0 Å². The fraction of sp³-hybridized carbons (Fsp3) is 0.333. The van der Waals surface area contributed by atoms with Crippen LogP contribution >= 0.6 is 0 Å². The molecule has 0 saturated carbocycles. The lowest BCUT2D eigenvalue weighted by Crippen LogP contribution is -2.38. The Morgan fingerprint density at radius 1 is 1.36 bits per heavy atom. The second-order valence-corrected chi connectivity index (χ2v) is 3.43. The Hall–Kier alpha value is -1.20. The highest BCUT2D eigenvalue weighted by molar-refractivity contribution is 5.44. The Bertz CT molecular complexity index is 353. The van der Waals surface area contributed by atoms with Crippen molar-refractivity contribution < 1.29 is 13.9 Å². The number of nitrogen functional groups attached to an aromatic ring is 1. The van der Waals surface area contributed by atoms with E-state index in [9.17, 15) is 8.78 Å². The van der Waals surface area contributed by atoms with Gasteiger partial charge in [0.05, 0.1) is 17.8 Å². The highest BCUT2D eigenvalue weighted by atomic mass is 19.1. The Kier molecular flexibility index (Phi) is 2.73. The van der Waals surface area contributed by atoms with E-state index in [1.165, 1.54) is 6.92 Å². The van der Waals surface area contributed by atoms with Crippen LogP contribution in [0.4, 0.5) is 14.5 Å². The number of hydrogen-bond donors (Lipinski definition) is 3. The molecule has 14 heavy (non-hydrogen) atoms. The zero-order valence-corrected chi connectivity index (χ0v) is 7.72. The van der Waals surface area contributed by atoms with Crippen LogP contribution < -0.4 is 11.5 Å². The lowest BCUT2D eigenvalue weighted by molar-refractivity contribution is 0.206. The van der Waals surface area contributed by atoms with Gasteiger partial charge >= 0.3 is 0 Å². The van der Waals surface area contributed by atoms with Crippen LogP contribution in [-0.4, -0.2) is 11.7 Å². The van der Waals surface area contributed by atoms with E-state index in [1.54, 1.807) is 0 Å². The van der Waals surface area contributed by atoms with Gasteiger partial charge < -0.3 is 16.6 Å². The SMILES string of the molecule is C[C@@](N)(CO)c1cc(F)c(N)cc1F. The summed E-state index contributed by atoms with van der Waals surface area (Å²) in [4.78, 5) is 0. The number of rotatable bonds is 2. The molecule has 0 saturated heterocycles. The lowest BCUT2D eigenvalue weighted by atomic mass is 9.93. The Morgan fingerprint density at radius 3 is 2.43 bits per heavy atom. The molecule has 0 aliphatic rings. The first kappa shape index (κ1) is 10.9. The first-order chi connectivity index (χ1) is 6.38. The number of aliphatic hydroxyl groups is 1. The standard InChI is InChI=1S/C9H12F2N2O/c1-9(13,4-14)5-2-7(11)8(12)3-6(5)10/h2-3,14H,4,12-13H2,1H3/t9-/m1/s1. The van der Waals surface area contributed by atoms with Gasteiger partial charge in [-0.15, -0.1) is 0 Å². The van der Waals surface area contributed by atoms with Crippen LogP contribution in [0.2, 0.25) is 0 Å². The summed E-state index contributed by atoms with van der Waals surface area (Å²) in [6.45, 7) is 0.925. The number of nitrogens with two attached hydrogens (primary N) is 2. The summed E-state index contributed by atoms with van der Waals surface area (Å²) in [5.41, 5.74) is 9.04. The molecule has 5 N–H and O–H groups in total. The minimum atomic E-state index is -1.31. The number of hydrogen-bond acceptors (Lipinski definition) is 3. The van der Waals surface area contributed by atoms with E-state index in [0.717, 1.165) is 12.1 Å². The lowest BCUT2D eigenvalue weighted by Gasteiger charge is -2.23. The van der Waals surface area contributed by atoms with Crippen molar-refractivity contribution in [2.45, 2.75) is 12.5 Å². The van der Waals surface area contributed by atoms with E-state index in [1.807, 2.05) is 0 Å². The second-order valence-electron chi connectivity index (χ2n) is 3.43. The molecule has 0 radical (unpaired) electrons. The van der Waals surface area contributed by atoms with Crippen molar-refractivity contribution in [3.63, 3.8) is 0 Å². The maximum Gasteiger partial charge on any atom is 0.146 e. The van der Waals surface area contributed by atoms with Crippen molar-refractivity contribution in [2.75, 3.05) is 12.3 Å². The monoisotopic (exact) mass is 202 g/mol. The molecular formula is C9H12F2N2O. The summed E-state index contributed by atoms with van der Waals surface area (Å²) in [6.07, 6.45) is 0. The highest BCUT2D eigenvalue weighted by Gasteiger charge is 2.25. The molecule has 0 amide bonds. The van der Waals surface area contributed by atoms with E-state index in [2.05, 4.69) is 0 Å². The van der Waals surface area contributed by atoms with Gasteiger partial charge in [-0.25, -0.2) is 8.78 Å². The molecule has 0 bridgehead atoms. The quantitative estimate of drug-likeness (QED) is 0.618. The van der Waals surface area contributed by atoms with Gasteiger partial charge in [0.25, 0.3) is 0 Å². The summed E-state index contributed by atoms with van der Waals surface area (Å²) < 4.78 is 26.3. The van der Waals surface area contributed by atoms with E-state index >= 15 is 0 Å². The zero-order chi connectivity index (χ0) is 10.9. The molecule has 1 aromatic carbocycles. The maximum absolute atomic E-state index is 13.3. The third kappa shape index (κ3) is 1.83. The van der Waals surface area contributed by atoms with Crippen molar-refractivity contribution in [2.24, 2.45) is 5.73 Å². The molecule has 1 atom stereocenters. The Morgan fingerprint density at radius 2 is 1.93 bits per heavy atom. The minimum absolute atomic E-state index is 0.0910. The van der Waals surface area contributed by atoms with Gasteiger partial charge in [0, 0.05) is 11.6 Å². The van der Waals surface area contributed by atoms with Crippen LogP contribution in [-0.2, 0) is 5.54 Å². The van der Waals surface area contributed by atoms with Crippen LogP contribution in [0.25, 0.3) is 0 Å². The highest BCUT2D eigenvalue weighted by Crippen LogP contribution is 2.24. The predicted octanol–water partition coefficient (Wildman–Crippen LogP) is 0.713. The smallest absolute Gasteiger partial charge is 0.146 e. The predicted molar refractivity (Wildman–Crippen MR) is 49.4 cm³/mol. The van der Waals surface area contributed by atoms with Gasteiger partial charge in [-0.05, 0) is 13.0 Å². The zero-order valence-electron chi connectivity index (χ0n) is 7.72. The number of halogens is 2. The Balaban J connectivity index is 3.29. The van der Waals surface area contributed by atoms with E-state index < -0.39 is 23.8 Å². The molecule has 78 valence electrons. The molecule has 0 unspecified atom stereocenters. The summed E-state index contributed by atoms with van der Waals surface area (Å²) in [6, 6.07) is 1.76. The molecule has 3 nitrogen and oxygen atoms in total. The topological polar surface area (TPSA) is 72.3 Å². The molecule has 0 spiro atoms. The molecule has 1 rings (SSSR count). The Labute approximate surface area is 80.3 Å². The molecule has 0 fully saturated rings. The molecular weight excluding hydrogens is 190 g/mol. The average Bonchev–Trinajstić information content (AvgIpc) is 2.11. The molecule has 0 aromatic heterocycles. The maximum atomic E-state index is 13.3. The largest absolute Gasteiger partial charge is 0.396 e. The molecule has 0 heterocycles. The first-order valence-corrected chi connectivity index (χ1v) is 4.03. The van der Waals surface area contributed by atoms with E-state index in [4.69, 9.17) is 16.6 Å². The second kappa shape index (κ2) is 3.51. The van der Waals surface area contributed by atoms with Gasteiger partial charge in [0.15, 0.2) is 0 Å². The molecule has 0 aliphatic carbocycles. The van der Waals surface area contributed by atoms with Gasteiger partial charge in [-0.2, -0.15) is 0 Å². The van der Waals surface area contributed by atoms with E-state index in [0.29, 0.717) is 0 Å². The third-order valence-electron chi connectivity index (χ3n) is 2.03. The minimum Gasteiger partial charge on any atom is -0.396 e. The van der Waals surface area contributed by atoms with Gasteiger partial charge in [0.2, 0.25) is 0 Å². The summed E-state index contributed by atoms with van der Waals surface area (Å²) >= 11 is 0. The molecule has 5 heteroatoms. The van der Waals surface area contributed by atoms with Crippen LogP contribution in [0, 0.1) is 11.6 Å². The number of anilines is 1. The summed E-state index contributed by atoms with van der Waals surface area (Å²) in [7, 11) is 0. The third-order valence-corrected chi connectivity index (χ3v) is 2.03. The molecule has 1 aromatic rings.